The molecule has 0 heterocycles. The Hall–Kier alpha value is -1.91. The maximum atomic E-state index is 12.9. The summed E-state index contributed by atoms with van der Waals surface area (Å²) in [6.45, 7) is 2.26. The first-order chi connectivity index (χ1) is 10.5. The number of hydrogen-bond donors (Lipinski definition) is 1. The summed E-state index contributed by atoms with van der Waals surface area (Å²) in [6, 6.07) is 6.37. The monoisotopic (exact) mass is 306 g/mol. The summed E-state index contributed by atoms with van der Waals surface area (Å²) in [6.07, 6.45) is 4.76. The Morgan fingerprint density at radius 3 is 2.45 bits per heavy atom. The van der Waals surface area contributed by atoms with E-state index in [4.69, 9.17) is 0 Å². The van der Waals surface area contributed by atoms with Gasteiger partial charge in [-0.15, -0.1) is 0 Å². The van der Waals surface area contributed by atoms with Gasteiger partial charge in [0, 0.05) is 32.5 Å². The second-order valence-electron chi connectivity index (χ2n) is 5.87. The summed E-state index contributed by atoms with van der Waals surface area (Å²) in [5.41, 5.74) is 0.854. The van der Waals surface area contributed by atoms with E-state index in [-0.39, 0.29) is 17.6 Å². The van der Waals surface area contributed by atoms with Crippen molar-refractivity contribution in [1.29, 1.82) is 0 Å². The molecule has 1 fully saturated rings. The minimum absolute atomic E-state index is 0.00254. The van der Waals surface area contributed by atoms with E-state index in [1.807, 2.05) is 0 Å². The Kier molecular flexibility index (Phi) is 5.92. The Labute approximate surface area is 130 Å². The predicted octanol–water partition coefficient (Wildman–Crippen LogP) is 2.62. The van der Waals surface area contributed by atoms with Crippen LogP contribution in [0.15, 0.2) is 24.3 Å². The van der Waals surface area contributed by atoms with Crippen LogP contribution in [-0.2, 0) is 16.1 Å². The summed E-state index contributed by atoms with van der Waals surface area (Å²) in [5, 5.41) is 3.02. The molecule has 0 aliphatic heterocycles. The van der Waals surface area contributed by atoms with Crippen LogP contribution in [0.4, 0.5) is 4.39 Å². The minimum atomic E-state index is -0.297. The lowest BCUT2D eigenvalue weighted by molar-refractivity contribution is -0.130. The molecule has 1 N–H and O–H groups in total. The van der Waals surface area contributed by atoms with Gasteiger partial charge in [0.15, 0.2) is 0 Å². The van der Waals surface area contributed by atoms with Gasteiger partial charge < -0.3 is 10.2 Å². The molecule has 1 aromatic carbocycles. The fraction of sp³-hybridized carbons (Fsp3) is 0.529. The highest BCUT2D eigenvalue weighted by Crippen LogP contribution is 2.17. The maximum absolute atomic E-state index is 12.9. The van der Waals surface area contributed by atoms with E-state index < -0.39 is 0 Å². The molecule has 1 aromatic rings. The number of nitrogens with one attached hydrogen (secondary N) is 1. The number of halogens is 1. The van der Waals surface area contributed by atoms with Gasteiger partial charge in [0.1, 0.15) is 5.82 Å². The lowest BCUT2D eigenvalue weighted by Gasteiger charge is -2.21. The standard InChI is InChI=1S/C17H23FN2O2/c1-13(21)20(12-14-6-8-15(18)9-7-14)11-10-17(22)19-16-4-2-3-5-16/h6-9,16H,2-5,10-12H2,1H3,(H,19,22). The zero-order chi connectivity index (χ0) is 15.9. The van der Waals surface area contributed by atoms with Crippen molar-refractivity contribution in [2.75, 3.05) is 6.54 Å². The topological polar surface area (TPSA) is 49.4 Å². The molecule has 1 aliphatic rings. The normalized spacial score (nSPS) is 14.8. The number of hydrogen-bond acceptors (Lipinski definition) is 2. The van der Waals surface area contributed by atoms with E-state index in [1.54, 1.807) is 17.0 Å². The first-order valence-electron chi connectivity index (χ1n) is 7.84. The van der Waals surface area contributed by atoms with Gasteiger partial charge in [0.25, 0.3) is 0 Å². The van der Waals surface area contributed by atoms with Gasteiger partial charge in [-0.25, -0.2) is 4.39 Å². The van der Waals surface area contributed by atoms with Crippen LogP contribution in [0.25, 0.3) is 0 Å². The SMILES string of the molecule is CC(=O)N(CCC(=O)NC1CCCC1)Cc1ccc(F)cc1. The number of rotatable bonds is 6. The van der Waals surface area contributed by atoms with Gasteiger partial charge in [0.2, 0.25) is 11.8 Å². The molecule has 4 nitrogen and oxygen atoms in total. The molecular weight excluding hydrogens is 283 g/mol. The van der Waals surface area contributed by atoms with Crippen LogP contribution in [0.2, 0.25) is 0 Å². The highest BCUT2D eigenvalue weighted by Gasteiger charge is 2.18. The third-order valence-electron chi connectivity index (χ3n) is 4.06. The Morgan fingerprint density at radius 2 is 1.86 bits per heavy atom. The first kappa shape index (κ1) is 16.5. The van der Waals surface area contributed by atoms with Crippen molar-refractivity contribution in [3.8, 4) is 0 Å². The third-order valence-corrected chi connectivity index (χ3v) is 4.06. The second-order valence-corrected chi connectivity index (χ2v) is 5.87. The third kappa shape index (κ3) is 5.13. The van der Waals surface area contributed by atoms with Gasteiger partial charge in [-0.3, -0.25) is 9.59 Å². The highest BCUT2D eigenvalue weighted by atomic mass is 19.1. The molecule has 0 radical (unpaired) electrons. The molecule has 5 heteroatoms. The predicted molar refractivity (Wildman–Crippen MR) is 82.5 cm³/mol. The van der Waals surface area contributed by atoms with E-state index >= 15 is 0 Å². The number of carbonyl (C=O) groups excluding carboxylic acids is 2. The number of amides is 2. The quantitative estimate of drug-likeness (QED) is 0.878. The largest absolute Gasteiger partial charge is 0.353 e. The van der Waals surface area contributed by atoms with E-state index in [9.17, 15) is 14.0 Å². The lowest BCUT2D eigenvalue weighted by atomic mass is 10.2. The molecule has 2 amide bonds. The summed E-state index contributed by atoms with van der Waals surface area (Å²) in [4.78, 5) is 25.2. The minimum Gasteiger partial charge on any atom is -0.353 e. The summed E-state index contributed by atoms with van der Waals surface area (Å²) in [5.74, 6) is -0.385. The molecule has 0 saturated heterocycles. The van der Waals surface area contributed by atoms with E-state index in [2.05, 4.69) is 5.32 Å². The number of nitrogens with zero attached hydrogens (tertiary/aromatic N) is 1. The number of carbonyl (C=O) groups is 2. The molecule has 1 saturated carbocycles. The molecule has 0 bridgehead atoms. The van der Waals surface area contributed by atoms with Crippen LogP contribution in [0.1, 0.15) is 44.6 Å². The molecule has 120 valence electrons. The van der Waals surface area contributed by atoms with Gasteiger partial charge in [-0.1, -0.05) is 25.0 Å². The smallest absolute Gasteiger partial charge is 0.221 e. The molecule has 22 heavy (non-hydrogen) atoms. The van der Waals surface area contributed by atoms with Gasteiger partial charge in [-0.2, -0.15) is 0 Å². The summed E-state index contributed by atoms with van der Waals surface area (Å²) < 4.78 is 12.9. The van der Waals surface area contributed by atoms with Crippen LogP contribution >= 0.6 is 0 Å². The van der Waals surface area contributed by atoms with Crippen molar-refractivity contribution in [1.82, 2.24) is 10.2 Å². The van der Waals surface area contributed by atoms with Crippen LogP contribution < -0.4 is 5.32 Å². The molecule has 0 atom stereocenters. The van der Waals surface area contributed by atoms with Gasteiger partial charge >= 0.3 is 0 Å². The average molecular weight is 306 g/mol. The van der Waals surface area contributed by atoms with Crippen molar-refractivity contribution in [3.63, 3.8) is 0 Å². The summed E-state index contributed by atoms with van der Waals surface area (Å²) >= 11 is 0. The molecular formula is C17H23FN2O2. The average Bonchev–Trinajstić information content (AvgIpc) is 2.98. The van der Waals surface area contributed by atoms with Crippen molar-refractivity contribution < 1.29 is 14.0 Å². The van der Waals surface area contributed by atoms with Crippen molar-refractivity contribution in [2.45, 2.75) is 51.6 Å². The van der Waals surface area contributed by atoms with Gasteiger partial charge in [-0.05, 0) is 30.5 Å². The van der Waals surface area contributed by atoms with Crippen LogP contribution in [0.3, 0.4) is 0 Å². The zero-order valence-electron chi connectivity index (χ0n) is 13.0. The fourth-order valence-electron chi connectivity index (χ4n) is 2.76. The lowest BCUT2D eigenvalue weighted by Crippen LogP contribution is -2.36. The van der Waals surface area contributed by atoms with Crippen LogP contribution in [-0.4, -0.2) is 29.3 Å². The molecule has 2 rings (SSSR count). The van der Waals surface area contributed by atoms with E-state index in [0.29, 0.717) is 25.6 Å². The molecule has 0 spiro atoms. The van der Waals surface area contributed by atoms with Crippen LogP contribution in [0, 0.1) is 5.82 Å². The van der Waals surface area contributed by atoms with Crippen molar-refractivity contribution >= 4 is 11.8 Å². The second kappa shape index (κ2) is 7.92. The Morgan fingerprint density at radius 1 is 1.23 bits per heavy atom. The Balaban J connectivity index is 1.82. The molecule has 0 aromatic heterocycles. The molecule has 0 unspecified atom stereocenters. The zero-order valence-corrected chi connectivity index (χ0v) is 13.0. The Bertz CT molecular complexity index is 510. The highest BCUT2D eigenvalue weighted by molar-refractivity contribution is 5.78. The van der Waals surface area contributed by atoms with E-state index in [0.717, 1.165) is 18.4 Å². The first-order valence-corrected chi connectivity index (χ1v) is 7.84. The van der Waals surface area contributed by atoms with Crippen molar-refractivity contribution in [3.05, 3.63) is 35.6 Å². The number of benzene rings is 1. The van der Waals surface area contributed by atoms with Crippen LogP contribution in [0.5, 0.6) is 0 Å². The van der Waals surface area contributed by atoms with E-state index in [1.165, 1.54) is 31.9 Å². The molecule has 1 aliphatic carbocycles. The van der Waals surface area contributed by atoms with Gasteiger partial charge in [0.05, 0.1) is 0 Å². The maximum Gasteiger partial charge on any atom is 0.221 e. The van der Waals surface area contributed by atoms with Crippen molar-refractivity contribution in [2.24, 2.45) is 0 Å². The summed E-state index contributed by atoms with van der Waals surface area (Å²) in [7, 11) is 0. The fourth-order valence-corrected chi connectivity index (χ4v) is 2.76.